The summed E-state index contributed by atoms with van der Waals surface area (Å²) in [6.07, 6.45) is 7.96. The van der Waals surface area contributed by atoms with Gasteiger partial charge in [-0.15, -0.1) is 0 Å². The van der Waals surface area contributed by atoms with E-state index in [1.165, 1.54) is 44.2 Å². The molecule has 0 aromatic heterocycles. The summed E-state index contributed by atoms with van der Waals surface area (Å²) < 4.78 is 0. The lowest BCUT2D eigenvalue weighted by Gasteiger charge is -2.25. The number of benzene rings is 1. The van der Waals surface area contributed by atoms with E-state index in [9.17, 15) is 4.79 Å². The summed E-state index contributed by atoms with van der Waals surface area (Å²) in [7, 11) is 0. The Morgan fingerprint density at radius 1 is 0.895 bits per heavy atom. The number of carbonyl (C=O) groups is 1. The number of nitrogens with zero attached hydrogens (tertiary/aromatic N) is 1. The lowest BCUT2D eigenvalue weighted by Crippen LogP contribution is -2.34. The van der Waals surface area contributed by atoms with Crippen molar-refractivity contribution in [3.63, 3.8) is 0 Å². The zero-order valence-electron chi connectivity index (χ0n) is 11.8. The van der Waals surface area contributed by atoms with Crippen molar-refractivity contribution < 1.29 is 4.79 Å². The quantitative estimate of drug-likeness (QED) is 0.699. The molecule has 1 aromatic rings. The SMILES string of the molecule is O=C1CCN(CCCCCCc2ccccc2)CC1. The Hall–Kier alpha value is -1.15. The van der Waals surface area contributed by atoms with Gasteiger partial charge in [0.15, 0.2) is 0 Å². The predicted octanol–water partition coefficient (Wildman–Crippen LogP) is 3.45. The highest BCUT2D eigenvalue weighted by molar-refractivity contribution is 5.79. The Morgan fingerprint density at radius 2 is 1.58 bits per heavy atom. The number of hydrogen-bond donors (Lipinski definition) is 0. The van der Waals surface area contributed by atoms with E-state index in [1.807, 2.05) is 0 Å². The standard InChI is InChI=1S/C17H25NO/c19-17-11-14-18(15-12-17)13-7-2-1-4-8-16-9-5-3-6-10-16/h3,5-6,9-10H,1-2,4,7-8,11-15H2. The van der Waals surface area contributed by atoms with Crippen molar-refractivity contribution in [1.82, 2.24) is 4.90 Å². The van der Waals surface area contributed by atoms with Crippen LogP contribution in [-0.4, -0.2) is 30.3 Å². The van der Waals surface area contributed by atoms with Gasteiger partial charge in [-0.3, -0.25) is 4.79 Å². The summed E-state index contributed by atoms with van der Waals surface area (Å²) in [6.45, 7) is 3.16. The Balaban J connectivity index is 1.47. The number of piperidine rings is 1. The van der Waals surface area contributed by atoms with Crippen molar-refractivity contribution in [2.24, 2.45) is 0 Å². The second-order valence-corrected chi connectivity index (χ2v) is 5.53. The molecule has 2 rings (SSSR count). The van der Waals surface area contributed by atoms with Gasteiger partial charge in [0.1, 0.15) is 5.78 Å². The smallest absolute Gasteiger partial charge is 0.135 e. The van der Waals surface area contributed by atoms with Gasteiger partial charge in [-0.2, -0.15) is 0 Å². The molecule has 0 N–H and O–H groups in total. The van der Waals surface area contributed by atoms with Gasteiger partial charge in [-0.1, -0.05) is 43.2 Å². The number of ketones is 1. The van der Waals surface area contributed by atoms with Gasteiger partial charge < -0.3 is 4.90 Å². The van der Waals surface area contributed by atoms with Gasteiger partial charge in [-0.25, -0.2) is 0 Å². The maximum Gasteiger partial charge on any atom is 0.135 e. The van der Waals surface area contributed by atoms with Crippen molar-refractivity contribution in [3.05, 3.63) is 35.9 Å². The molecule has 0 unspecified atom stereocenters. The van der Waals surface area contributed by atoms with Gasteiger partial charge in [0, 0.05) is 25.9 Å². The number of rotatable bonds is 7. The largest absolute Gasteiger partial charge is 0.302 e. The minimum Gasteiger partial charge on any atom is -0.302 e. The van der Waals surface area contributed by atoms with Crippen molar-refractivity contribution in [2.45, 2.75) is 44.9 Å². The third-order valence-corrected chi connectivity index (χ3v) is 3.95. The molecule has 0 bridgehead atoms. The van der Waals surface area contributed by atoms with Crippen LogP contribution in [-0.2, 0) is 11.2 Å². The molecule has 0 spiro atoms. The van der Waals surface area contributed by atoms with Crippen LogP contribution in [0.15, 0.2) is 30.3 Å². The predicted molar refractivity (Wildman–Crippen MR) is 79.3 cm³/mol. The molecule has 0 aliphatic carbocycles. The van der Waals surface area contributed by atoms with Crippen LogP contribution in [0.5, 0.6) is 0 Å². The number of aryl methyl sites for hydroxylation is 1. The normalized spacial score (nSPS) is 16.7. The molecule has 0 amide bonds. The maximum atomic E-state index is 11.1. The zero-order valence-corrected chi connectivity index (χ0v) is 11.8. The van der Waals surface area contributed by atoms with E-state index in [2.05, 4.69) is 35.2 Å². The second kappa shape index (κ2) is 8.11. The molecule has 0 radical (unpaired) electrons. The average Bonchev–Trinajstić information content (AvgIpc) is 2.46. The first-order chi connectivity index (χ1) is 9.34. The summed E-state index contributed by atoms with van der Waals surface area (Å²) in [6, 6.07) is 10.7. The fourth-order valence-electron chi connectivity index (χ4n) is 2.69. The molecule has 2 nitrogen and oxygen atoms in total. The number of hydrogen-bond acceptors (Lipinski definition) is 2. The number of carbonyl (C=O) groups excluding carboxylic acids is 1. The Labute approximate surface area is 116 Å². The molecule has 1 fully saturated rings. The summed E-state index contributed by atoms with van der Waals surface area (Å²) in [4.78, 5) is 13.6. The Kier molecular flexibility index (Phi) is 6.09. The van der Waals surface area contributed by atoms with Gasteiger partial charge in [-0.05, 0) is 31.4 Å². The van der Waals surface area contributed by atoms with E-state index in [-0.39, 0.29) is 0 Å². The van der Waals surface area contributed by atoms with Crippen molar-refractivity contribution in [1.29, 1.82) is 0 Å². The molecule has 1 saturated heterocycles. The highest BCUT2D eigenvalue weighted by atomic mass is 16.1. The first kappa shape index (κ1) is 14.3. The summed E-state index contributed by atoms with van der Waals surface area (Å²) in [5.74, 6) is 0.444. The molecule has 19 heavy (non-hydrogen) atoms. The van der Waals surface area contributed by atoms with Gasteiger partial charge in [0.05, 0.1) is 0 Å². The highest BCUT2D eigenvalue weighted by Crippen LogP contribution is 2.10. The van der Waals surface area contributed by atoms with Crippen LogP contribution >= 0.6 is 0 Å². The third kappa shape index (κ3) is 5.56. The fourth-order valence-corrected chi connectivity index (χ4v) is 2.69. The lowest BCUT2D eigenvalue weighted by molar-refractivity contribution is -0.121. The first-order valence-electron chi connectivity index (χ1n) is 7.62. The molecule has 1 aliphatic rings. The first-order valence-corrected chi connectivity index (χ1v) is 7.62. The molecule has 104 valence electrons. The molecular weight excluding hydrogens is 234 g/mol. The van der Waals surface area contributed by atoms with Gasteiger partial charge >= 0.3 is 0 Å². The van der Waals surface area contributed by atoms with Crippen LogP contribution in [0.3, 0.4) is 0 Å². The Bertz CT molecular complexity index is 364. The topological polar surface area (TPSA) is 20.3 Å². The van der Waals surface area contributed by atoms with Crippen LogP contribution in [0.4, 0.5) is 0 Å². The van der Waals surface area contributed by atoms with Gasteiger partial charge in [0.25, 0.3) is 0 Å². The maximum absolute atomic E-state index is 11.1. The van der Waals surface area contributed by atoms with Crippen LogP contribution in [0.2, 0.25) is 0 Å². The molecular formula is C17H25NO. The zero-order chi connectivity index (χ0) is 13.3. The summed E-state index contributed by atoms with van der Waals surface area (Å²) in [5, 5.41) is 0. The highest BCUT2D eigenvalue weighted by Gasteiger charge is 2.14. The number of likely N-dealkylation sites (tertiary alicyclic amines) is 1. The second-order valence-electron chi connectivity index (χ2n) is 5.53. The van der Waals surface area contributed by atoms with E-state index in [4.69, 9.17) is 0 Å². The fraction of sp³-hybridized carbons (Fsp3) is 0.588. The van der Waals surface area contributed by atoms with E-state index >= 15 is 0 Å². The monoisotopic (exact) mass is 259 g/mol. The number of Topliss-reactive ketones (excluding diaryl/α,β-unsaturated/α-hetero) is 1. The lowest BCUT2D eigenvalue weighted by atomic mass is 10.1. The van der Waals surface area contributed by atoms with E-state index < -0.39 is 0 Å². The van der Waals surface area contributed by atoms with Crippen molar-refractivity contribution in [3.8, 4) is 0 Å². The van der Waals surface area contributed by atoms with Crippen LogP contribution < -0.4 is 0 Å². The summed E-state index contributed by atoms with van der Waals surface area (Å²) >= 11 is 0. The molecule has 0 saturated carbocycles. The van der Waals surface area contributed by atoms with E-state index in [0.717, 1.165) is 25.9 Å². The van der Waals surface area contributed by atoms with Crippen LogP contribution in [0, 0.1) is 0 Å². The van der Waals surface area contributed by atoms with E-state index in [1.54, 1.807) is 0 Å². The van der Waals surface area contributed by atoms with Crippen molar-refractivity contribution >= 4 is 5.78 Å². The van der Waals surface area contributed by atoms with Crippen molar-refractivity contribution in [2.75, 3.05) is 19.6 Å². The molecule has 1 aromatic carbocycles. The third-order valence-electron chi connectivity index (χ3n) is 3.95. The molecule has 1 aliphatic heterocycles. The van der Waals surface area contributed by atoms with Crippen LogP contribution in [0.1, 0.15) is 44.1 Å². The summed E-state index contributed by atoms with van der Waals surface area (Å²) in [5.41, 5.74) is 1.46. The molecule has 1 heterocycles. The molecule has 0 atom stereocenters. The Morgan fingerprint density at radius 3 is 2.32 bits per heavy atom. The minimum absolute atomic E-state index is 0.444. The van der Waals surface area contributed by atoms with Crippen LogP contribution in [0.25, 0.3) is 0 Å². The number of unbranched alkanes of at least 4 members (excludes halogenated alkanes) is 3. The van der Waals surface area contributed by atoms with E-state index in [0.29, 0.717) is 5.78 Å². The minimum atomic E-state index is 0.444. The van der Waals surface area contributed by atoms with Gasteiger partial charge in [0.2, 0.25) is 0 Å². The average molecular weight is 259 g/mol. The molecule has 2 heteroatoms.